The Bertz CT molecular complexity index is 450. The lowest BCUT2D eigenvalue weighted by Crippen LogP contribution is -2.20. The highest BCUT2D eigenvalue weighted by Gasteiger charge is 2.27. The summed E-state index contributed by atoms with van der Waals surface area (Å²) in [7, 11) is 0. The van der Waals surface area contributed by atoms with E-state index in [4.69, 9.17) is 4.74 Å². The Balaban J connectivity index is 1.85. The van der Waals surface area contributed by atoms with Crippen LogP contribution in [0.15, 0.2) is 22.7 Å². The minimum Gasteiger partial charge on any atom is -0.467 e. The molecule has 0 spiro atoms. The van der Waals surface area contributed by atoms with Gasteiger partial charge in [-0.05, 0) is 31.0 Å². The standard InChI is InChI=1S/C13H15BrF3NO2/c14-10-1-4-12(20-8-19-7-13(15,16)17)9(5-10)6-18-11-2-3-11/h1,4-5,11,18H,2-3,6-8H2. The molecule has 0 heterocycles. The average Bonchev–Trinajstić information content (AvgIpc) is 3.16. The fourth-order valence-corrected chi connectivity index (χ4v) is 2.04. The lowest BCUT2D eigenvalue weighted by Gasteiger charge is -2.13. The zero-order valence-corrected chi connectivity index (χ0v) is 12.3. The number of rotatable bonds is 7. The molecule has 1 fully saturated rings. The molecule has 2 rings (SSSR count). The Hall–Kier alpha value is -0.790. The van der Waals surface area contributed by atoms with Crippen molar-refractivity contribution in [2.24, 2.45) is 0 Å². The monoisotopic (exact) mass is 353 g/mol. The van der Waals surface area contributed by atoms with Crippen LogP contribution < -0.4 is 10.1 Å². The van der Waals surface area contributed by atoms with E-state index in [0.29, 0.717) is 18.3 Å². The Morgan fingerprint density at radius 2 is 2.05 bits per heavy atom. The van der Waals surface area contributed by atoms with E-state index in [0.717, 1.165) is 10.0 Å². The topological polar surface area (TPSA) is 30.5 Å². The first-order valence-corrected chi connectivity index (χ1v) is 7.02. The van der Waals surface area contributed by atoms with E-state index in [1.807, 2.05) is 6.07 Å². The third kappa shape index (κ3) is 5.68. The summed E-state index contributed by atoms with van der Waals surface area (Å²) in [6, 6.07) is 5.92. The third-order valence-corrected chi connectivity index (χ3v) is 3.24. The molecule has 0 amide bonds. The van der Waals surface area contributed by atoms with Crippen LogP contribution in [-0.4, -0.2) is 25.6 Å². The lowest BCUT2D eigenvalue weighted by molar-refractivity contribution is -0.186. The van der Waals surface area contributed by atoms with E-state index in [-0.39, 0.29) is 0 Å². The van der Waals surface area contributed by atoms with Gasteiger partial charge in [0, 0.05) is 22.6 Å². The lowest BCUT2D eigenvalue weighted by atomic mass is 10.2. The van der Waals surface area contributed by atoms with Gasteiger partial charge in [0.05, 0.1) is 0 Å². The van der Waals surface area contributed by atoms with Crippen LogP contribution in [0.1, 0.15) is 18.4 Å². The summed E-state index contributed by atoms with van der Waals surface area (Å²) in [6.07, 6.45) is -2.00. The van der Waals surface area contributed by atoms with Crippen LogP contribution in [0, 0.1) is 0 Å². The molecule has 1 aliphatic rings. The van der Waals surface area contributed by atoms with Gasteiger partial charge in [-0.3, -0.25) is 0 Å². The smallest absolute Gasteiger partial charge is 0.411 e. The zero-order valence-electron chi connectivity index (χ0n) is 10.7. The summed E-state index contributed by atoms with van der Waals surface area (Å²) >= 11 is 3.36. The largest absolute Gasteiger partial charge is 0.467 e. The second-order valence-electron chi connectivity index (χ2n) is 4.63. The average molecular weight is 354 g/mol. The van der Waals surface area contributed by atoms with Gasteiger partial charge in [-0.15, -0.1) is 0 Å². The molecule has 1 N–H and O–H groups in total. The molecule has 0 bridgehead atoms. The molecule has 0 unspecified atom stereocenters. The molecule has 7 heteroatoms. The van der Waals surface area contributed by atoms with E-state index >= 15 is 0 Å². The van der Waals surface area contributed by atoms with Crippen molar-refractivity contribution in [1.29, 1.82) is 0 Å². The van der Waals surface area contributed by atoms with Crippen LogP contribution in [0.5, 0.6) is 5.75 Å². The molecular weight excluding hydrogens is 339 g/mol. The van der Waals surface area contributed by atoms with Crippen LogP contribution >= 0.6 is 15.9 Å². The van der Waals surface area contributed by atoms with E-state index < -0.39 is 19.6 Å². The third-order valence-electron chi connectivity index (χ3n) is 2.74. The van der Waals surface area contributed by atoms with Crippen LogP contribution in [0.2, 0.25) is 0 Å². The Kier molecular flexibility index (Phi) is 5.29. The van der Waals surface area contributed by atoms with Gasteiger partial charge in [-0.1, -0.05) is 15.9 Å². The second-order valence-corrected chi connectivity index (χ2v) is 5.55. The van der Waals surface area contributed by atoms with Gasteiger partial charge in [0.15, 0.2) is 6.79 Å². The first-order valence-electron chi connectivity index (χ1n) is 6.23. The van der Waals surface area contributed by atoms with Crippen molar-refractivity contribution in [1.82, 2.24) is 5.32 Å². The van der Waals surface area contributed by atoms with Gasteiger partial charge in [0.25, 0.3) is 0 Å². The van der Waals surface area contributed by atoms with E-state index in [1.165, 1.54) is 12.8 Å². The van der Waals surface area contributed by atoms with Crippen LogP contribution in [-0.2, 0) is 11.3 Å². The highest BCUT2D eigenvalue weighted by Crippen LogP contribution is 2.25. The van der Waals surface area contributed by atoms with Crippen molar-refractivity contribution in [3.63, 3.8) is 0 Å². The normalized spacial score (nSPS) is 15.4. The molecule has 1 aromatic carbocycles. The molecule has 3 nitrogen and oxygen atoms in total. The van der Waals surface area contributed by atoms with Gasteiger partial charge in [0.1, 0.15) is 12.4 Å². The fraction of sp³-hybridized carbons (Fsp3) is 0.538. The SMILES string of the molecule is FC(F)(F)COCOc1ccc(Br)cc1CNC1CC1. The summed E-state index contributed by atoms with van der Waals surface area (Å²) in [5, 5.41) is 3.33. The first-order chi connectivity index (χ1) is 9.44. The van der Waals surface area contributed by atoms with Crippen LogP contribution in [0.3, 0.4) is 0 Å². The second kappa shape index (κ2) is 6.78. The maximum absolute atomic E-state index is 11.9. The fourth-order valence-electron chi connectivity index (χ4n) is 1.63. The predicted octanol–water partition coefficient (Wildman–Crippen LogP) is 3.62. The van der Waals surface area contributed by atoms with Crippen LogP contribution in [0.25, 0.3) is 0 Å². The Labute approximate surface area is 123 Å². The van der Waals surface area contributed by atoms with Crippen molar-refractivity contribution in [2.45, 2.75) is 31.6 Å². The first kappa shape index (κ1) is 15.6. The van der Waals surface area contributed by atoms with Crippen molar-refractivity contribution >= 4 is 15.9 Å². The van der Waals surface area contributed by atoms with Crippen molar-refractivity contribution in [3.8, 4) is 5.75 Å². The maximum atomic E-state index is 11.9. The number of alkyl halides is 3. The molecule has 0 radical (unpaired) electrons. The summed E-state index contributed by atoms with van der Waals surface area (Å²) in [5.41, 5.74) is 0.891. The zero-order chi connectivity index (χ0) is 14.6. The molecule has 0 atom stereocenters. The van der Waals surface area contributed by atoms with Crippen LogP contribution in [0.4, 0.5) is 13.2 Å². The molecule has 1 aliphatic carbocycles. The van der Waals surface area contributed by atoms with Crippen molar-refractivity contribution in [2.75, 3.05) is 13.4 Å². The van der Waals surface area contributed by atoms with Gasteiger partial charge in [-0.2, -0.15) is 13.2 Å². The Morgan fingerprint density at radius 1 is 1.30 bits per heavy atom. The molecular formula is C13H15BrF3NO2. The number of ether oxygens (including phenoxy) is 2. The minimum absolute atomic E-state index is 0.419. The quantitative estimate of drug-likeness (QED) is 0.599. The molecule has 20 heavy (non-hydrogen) atoms. The number of nitrogens with one attached hydrogen (secondary N) is 1. The number of halogens is 4. The Morgan fingerprint density at radius 3 is 2.70 bits per heavy atom. The summed E-state index contributed by atoms with van der Waals surface area (Å²) in [4.78, 5) is 0. The molecule has 0 aliphatic heterocycles. The van der Waals surface area contributed by atoms with E-state index in [2.05, 4.69) is 26.0 Å². The highest BCUT2D eigenvalue weighted by atomic mass is 79.9. The molecule has 1 saturated carbocycles. The summed E-state index contributed by atoms with van der Waals surface area (Å²) < 4.78 is 46.4. The van der Waals surface area contributed by atoms with Gasteiger partial charge in [0.2, 0.25) is 0 Å². The van der Waals surface area contributed by atoms with E-state index in [1.54, 1.807) is 12.1 Å². The van der Waals surface area contributed by atoms with Gasteiger partial charge < -0.3 is 14.8 Å². The number of hydrogen-bond acceptors (Lipinski definition) is 3. The highest BCUT2D eigenvalue weighted by molar-refractivity contribution is 9.10. The van der Waals surface area contributed by atoms with Crippen molar-refractivity contribution in [3.05, 3.63) is 28.2 Å². The predicted molar refractivity (Wildman–Crippen MR) is 71.5 cm³/mol. The number of benzene rings is 1. The van der Waals surface area contributed by atoms with Gasteiger partial charge in [-0.25, -0.2) is 0 Å². The molecule has 112 valence electrons. The van der Waals surface area contributed by atoms with Crippen molar-refractivity contribution < 1.29 is 22.6 Å². The maximum Gasteiger partial charge on any atom is 0.411 e. The molecule has 1 aromatic rings. The van der Waals surface area contributed by atoms with E-state index in [9.17, 15) is 13.2 Å². The van der Waals surface area contributed by atoms with Gasteiger partial charge >= 0.3 is 6.18 Å². The summed E-state index contributed by atoms with van der Waals surface area (Å²) in [5.74, 6) is 0.531. The minimum atomic E-state index is -4.33. The summed E-state index contributed by atoms with van der Waals surface area (Å²) in [6.45, 7) is -1.10. The number of hydrogen-bond donors (Lipinski definition) is 1. The molecule has 0 saturated heterocycles. The molecule has 0 aromatic heterocycles.